The van der Waals surface area contributed by atoms with Crippen molar-refractivity contribution < 1.29 is 4.39 Å². The van der Waals surface area contributed by atoms with Crippen molar-refractivity contribution in [1.82, 2.24) is 0 Å². The fourth-order valence-corrected chi connectivity index (χ4v) is 2.36. The van der Waals surface area contributed by atoms with E-state index >= 15 is 0 Å². The SMILES string of the molecule is Nc1cc(F)cc(N2CCc3ccccc32)c1. The second kappa shape index (κ2) is 3.77. The molecule has 0 bridgehead atoms. The highest BCUT2D eigenvalue weighted by Gasteiger charge is 2.20. The van der Waals surface area contributed by atoms with Crippen molar-refractivity contribution in [1.29, 1.82) is 0 Å². The van der Waals surface area contributed by atoms with Gasteiger partial charge in [-0.05, 0) is 36.2 Å². The first-order valence-corrected chi connectivity index (χ1v) is 5.65. The highest BCUT2D eigenvalue weighted by molar-refractivity contribution is 5.71. The lowest BCUT2D eigenvalue weighted by Gasteiger charge is -2.20. The van der Waals surface area contributed by atoms with Crippen LogP contribution in [0.3, 0.4) is 0 Å². The van der Waals surface area contributed by atoms with Crippen molar-refractivity contribution >= 4 is 17.1 Å². The Labute approximate surface area is 99.5 Å². The molecular weight excluding hydrogens is 215 g/mol. The molecule has 0 aromatic heterocycles. The summed E-state index contributed by atoms with van der Waals surface area (Å²) >= 11 is 0. The van der Waals surface area contributed by atoms with Gasteiger partial charge in [-0.25, -0.2) is 4.39 Å². The molecule has 1 aliphatic rings. The average molecular weight is 228 g/mol. The molecule has 3 heteroatoms. The van der Waals surface area contributed by atoms with Crippen LogP contribution in [0.15, 0.2) is 42.5 Å². The van der Waals surface area contributed by atoms with Crippen molar-refractivity contribution in [2.24, 2.45) is 0 Å². The lowest BCUT2D eigenvalue weighted by molar-refractivity contribution is 0.628. The van der Waals surface area contributed by atoms with E-state index in [0.29, 0.717) is 5.69 Å². The van der Waals surface area contributed by atoms with Crippen LogP contribution >= 0.6 is 0 Å². The summed E-state index contributed by atoms with van der Waals surface area (Å²) in [7, 11) is 0. The largest absolute Gasteiger partial charge is 0.399 e. The summed E-state index contributed by atoms with van der Waals surface area (Å²) in [4.78, 5) is 2.11. The molecule has 2 aromatic rings. The van der Waals surface area contributed by atoms with Crippen molar-refractivity contribution in [3.8, 4) is 0 Å². The van der Waals surface area contributed by atoms with E-state index in [1.807, 2.05) is 18.2 Å². The number of benzene rings is 2. The van der Waals surface area contributed by atoms with Gasteiger partial charge in [-0.1, -0.05) is 18.2 Å². The van der Waals surface area contributed by atoms with E-state index in [9.17, 15) is 4.39 Å². The monoisotopic (exact) mass is 228 g/mol. The van der Waals surface area contributed by atoms with Crippen LogP contribution in [0.2, 0.25) is 0 Å². The lowest BCUT2D eigenvalue weighted by Crippen LogP contribution is -2.13. The van der Waals surface area contributed by atoms with Gasteiger partial charge in [0.15, 0.2) is 0 Å². The maximum Gasteiger partial charge on any atom is 0.127 e. The van der Waals surface area contributed by atoms with Crippen LogP contribution in [-0.2, 0) is 6.42 Å². The first-order valence-electron chi connectivity index (χ1n) is 5.65. The smallest absolute Gasteiger partial charge is 0.127 e. The third-order valence-corrected chi connectivity index (χ3v) is 3.10. The molecule has 0 fully saturated rings. The second-order valence-corrected chi connectivity index (χ2v) is 4.27. The lowest BCUT2D eigenvalue weighted by atomic mass is 10.2. The van der Waals surface area contributed by atoms with Crippen LogP contribution in [0, 0.1) is 5.82 Å². The first-order chi connectivity index (χ1) is 8.24. The molecule has 3 rings (SSSR count). The molecule has 1 aliphatic heterocycles. The molecule has 0 saturated carbocycles. The Bertz CT molecular complexity index is 546. The minimum atomic E-state index is -0.288. The van der Waals surface area contributed by atoms with Crippen molar-refractivity contribution in [3.63, 3.8) is 0 Å². The summed E-state index contributed by atoms with van der Waals surface area (Å²) < 4.78 is 13.4. The molecule has 2 aromatic carbocycles. The van der Waals surface area contributed by atoms with Crippen molar-refractivity contribution in [3.05, 3.63) is 53.8 Å². The van der Waals surface area contributed by atoms with Gasteiger partial charge in [0, 0.05) is 23.6 Å². The van der Waals surface area contributed by atoms with Crippen LogP contribution < -0.4 is 10.6 Å². The summed E-state index contributed by atoms with van der Waals surface area (Å²) in [6, 6.07) is 12.9. The van der Waals surface area contributed by atoms with Crippen LogP contribution in [-0.4, -0.2) is 6.54 Å². The summed E-state index contributed by atoms with van der Waals surface area (Å²) in [5, 5.41) is 0. The predicted octanol–water partition coefficient (Wildman–Crippen LogP) is 3.10. The Balaban J connectivity index is 2.06. The van der Waals surface area contributed by atoms with Gasteiger partial charge in [0.05, 0.1) is 0 Å². The molecule has 2 N–H and O–H groups in total. The van der Waals surface area contributed by atoms with Gasteiger partial charge in [-0.2, -0.15) is 0 Å². The number of fused-ring (bicyclic) bond motifs is 1. The van der Waals surface area contributed by atoms with Gasteiger partial charge in [-0.3, -0.25) is 0 Å². The summed E-state index contributed by atoms with van der Waals surface area (Å²) in [5.41, 5.74) is 9.42. The van der Waals surface area contributed by atoms with E-state index in [0.717, 1.165) is 24.3 Å². The van der Waals surface area contributed by atoms with E-state index in [-0.39, 0.29) is 5.82 Å². The Kier molecular flexibility index (Phi) is 2.25. The number of nitrogens with two attached hydrogens (primary N) is 1. The van der Waals surface area contributed by atoms with Gasteiger partial charge in [0.1, 0.15) is 5.82 Å². The molecule has 0 amide bonds. The number of hydrogen-bond donors (Lipinski definition) is 1. The number of halogens is 1. The molecule has 0 radical (unpaired) electrons. The topological polar surface area (TPSA) is 29.3 Å². The van der Waals surface area contributed by atoms with E-state index in [4.69, 9.17) is 5.73 Å². The standard InChI is InChI=1S/C14H13FN2/c15-11-7-12(16)9-13(8-11)17-6-5-10-3-1-2-4-14(10)17/h1-4,7-9H,5-6,16H2. The Morgan fingerprint density at radius 3 is 2.76 bits per heavy atom. The Morgan fingerprint density at radius 2 is 1.94 bits per heavy atom. The second-order valence-electron chi connectivity index (χ2n) is 4.27. The number of para-hydroxylation sites is 1. The van der Waals surface area contributed by atoms with Gasteiger partial charge < -0.3 is 10.6 Å². The van der Waals surface area contributed by atoms with Crippen LogP contribution in [0.5, 0.6) is 0 Å². The highest BCUT2D eigenvalue weighted by Crippen LogP contribution is 2.35. The molecule has 0 atom stereocenters. The zero-order valence-electron chi connectivity index (χ0n) is 9.36. The summed E-state index contributed by atoms with van der Waals surface area (Å²) in [6.07, 6.45) is 0.993. The fraction of sp³-hybridized carbons (Fsp3) is 0.143. The minimum absolute atomic E-state index is 0.288. The van der Waals surface area contributed by atoms with Crippen LogP contribution in [0.1, 0.15) is 5.56 Å². The number of hydrogen-bond acceptors (Lipinski definition) is 2. The molecule has 17 heavy (non-hydrogen) atoms. The number of nitrogen functional groups attached to an aromatic ring is 1. The van der Waals surface area contributed by atoms with E-state index in [2.05, 4.69) is 17.0 Å². The number of anilines is 3. The average Bonchev–Trinajstić information content (AvgIpc) is 2.71. The Morgan fingerprint density at radius 1 is 1.12 bits per heavy atom. The zero-order valence-corrected chi connectivity index (χ0v) is 9.36. The van der Waals surface area contributed by atoms with Crippen molar-refractivity contribution in [2.75, 3.05) is 17.2 Å². The molecular formula is C14H13FN2. The van der Waals surface area contributed by atoms with Crippen LogP contribution in [0.25, 0.3) is 0 Å². The molecule has 2 nitrogen and oxygen atoms in total. The molecule has 0 saturated heterocycles. The molecule has 0 spiro atoms. The Hall–Kier alpha value is -2.03. The van der Waals surface area contributed by atoms with Crippen molar-refractivity contribution in [2.45, 2.75) is 6.42 Å². The van der Waals surface area contributed by atoms with Gasteiger partial charge in [0.2, 0.25) is 0 Å². The van der Waals surface area contributed by atoms with Gasteiger partial charge in [-0.15, -0.1) is 0 Å². The first kappa shape index (κ1) is 10.1. The molecule has 86 valence electrons. The maximum absolute atomic E-state index is 13.4. The van der Waals surface area contributed by atoms with E-state index in [1.165, 1.54) is 17.7 Å². The molecule has 0 unspecified atom stereocenters. The third-order valence-electron chi connectivity index (χ3n) is 3.10. The normalized spacial score (nSPS) is 13.8. The minimum Gasteiger partial charge on any atom is -0.399 e. The van der Waals surface area contributed by atoms with Crippen LogP contribution in [0.4, 0.5) is 21.5 Å². The third kappa shape index (κ3) is 1.73. The number of rotatable bonds is 1. The quantitative estimate of drug-likeness (QED) is 0.760. The highest BCUT2D eigenvalue weighted by atomic mass is 19.1. The molecule has 0 aliphatic carbocycles. The zero-order chi connectivity index (χ0) is 11.8. The molecule has 1 heterocycles. The van der Waals surface area contributed by atoms with Gasteiger partial charge in [0.25, 0.3) is 0 Å². The maximum atomic E-state index is 13.4. The fourth-order valence-electron chi connectivity index (χ4n) is 2.36. The summed E-state index contributed by atoms with van der Waals surface area (Å²) in [5.74, 6) is -0.288. The van der Waals surface area contributed by atoms with E-state index in [1.54, 1.807) is 0 Å². The summed E-state index contributed by atoms with van der Waals surface area (Å²) in [6.45, 7) is 0.877. The predicted molar refractivity (Wildman–Crippen MR) is 68.0 cm³/mol. The van der Waals surface area contributed by atoms with E-state index < -0.39 is 0 Å². The number of nitrogens with zero attached hydrogens (tertiary/aromatic N) is 1. The van der Waals surface area contributed by atoms with Gasteiger partial charge >= 0.3 is 0 Å².